The van der Waals surface area contributed by atoms with Gasteiger partial charge < -0.3 is 10.8 Å². The molecule has 1 aromatic carbocycles. The third-order valence-electron chi connectivity index (χ3n) is 1.86. The first-order valence-electron chi connectivity index (χ1n) is 4.26. The summed E-state index contributed by atoms with van der Waals surface area (Å²) in [4.78, 5) is 11.6. The molecule has 0 spiro atoms. The highest BCUT2D eigenvalue weighted by Crippen LogP contribution is 2.28. The predicted molar refractivity (Wildman–Crippen MR) is 58.5 cm³/mol. The summed E-state index contributed by atoms with van der Waals surface area (Å²) >= 11 is 1.31. The van der Waals surface area contributed by atoms with Gasteiger partial charge in [0.15, 0.2) is 0 Å². The number of carboxylic acid groups (broad SMARTS) is 1. The Morgan fingerprint density at radius 1 is 1.57 bits per heavy atom. The molecule has 4 heteroatoms. The molecule has 0 aliphatic heterocycles. The SMILES string of the molecule is Cc1ccc(N)cc1SC(C)C(=O)O. The van der Waals surface area contributed by atoms with Gasteiger partial charge in [0.1, 0.15) is 5.25 Å². The van der Waals surface area contributed by atoms with Gasteiger partial charge in [-0.25, -0.2) is 0 Å². The Balaban J connectivity index is 2.85. The second-order valence-electron chi connectivity index (χ2n) is 3.12. The molecule has 1 unspecified atom stereocenters. The second-order valence-corrected chi connectivity index (χ2v) is 4.51. The topological polar surface area (TPSA) is 63.3 Å². The highest BCUT2D eigenvalue weighted by atomic mass is 32.2. The molecule has 1 rings (SSSR count). The van der Waals surface area contributed by atoms with Gasteiger partial charge in [0, 0.05) is 10.6 Å². The molecule has 0 saturated heterocycles. The third kappa shape index (κ3) is 2.67. The Bertz CT molecular complexity index is 352. The first-order chi connectivity index (χ1) is 6.50. The monoisotopic (exact) mass is 211 g/mol. The molecule has 76 valence electrons. The molecular formula is C10H13NO2S. The molecule has 0 heterocycles. The van der Waals surface area contributed by atoms with Crippen LogP contribution in [0.15, 0.2) is 23.1 Å². The zero-order chi connectivity index (χ0) is 10.7. The van der Waals surface area contributed by atoms with Gasteiger partial charge in [-0.05, 0) is 31.5 Å². The van der Waals surface area contributed by atoms with Crippen molar-refractivity contribution >= 4 is 23.4 Å². The number of carbonyl (C=O) groups is 1. The lowest BCUT2D eigenvalue weighted by molar-refractivity contribution is -0.136. The van der Waals surface area contributed by atoms with Gasteiger partial charge in [-0.3, -0.25) is 4.79 Å². The van der Waals surface area contributed by atoms with E-state index < -0.39 is 11.2 Å². The minimum atomic E-state index is -0.808. The summed E-state index contributed by atoms with van der Waals surface area (Å²) in [5.74, 6) is -0.808. The maximum atomic E-state index is 10.6. The van der Waals surface area contributed by atoms with E-state index in [1.54, 1.807) is 13.0 Å². The largest absolute Gasteiger partial charge is 0.480 e. The van der Waals surface area contributed by atoms with Gasteiger partial charge in [0.25, 0.3) is 0 Å². The minimum absolute atomic E-state index is 0.449. The van der Waals surface area contributed by atoms with Gasteiger partial charge in [0.2, 0.25) is 0 Å². The van der Waals surface area contributed by atoms with Crippen LogP contribution in [-0.2, 0) is 4.79 Å². The minimum Gasteiger partial charge on any atom is -0.480 e. The van der Waals surface area contributed by atoms with Gasteiger partial charge in [0.05, 0.1) is 0 Å². The summed E-state index contributed by atoms with van der Waals surface area (Å²) in [5, 5.41) is 8.30. The average Bonchev–Trinajstić information content (AvgIpc) is 2.11. The maximum absolute atomic E-state index is 10.6. The van der Waals surface area contributed by atoms with E-state index in [0.29, 0.717) is 5.69 Å². The van der Waals surface area contributed by atoms with Crippen molar-refractivity contribution in [2.45, 2.75) is 24.0 Å². The van der Waals surface area contributed by atoms with Crippen LogP contribution < -0.4 is 5.73 Å². The number of thioether (sulfide) groups is 1. The number of anilines is 1. The summed E-state index contributed by atoms with van der Waals surface area (Å²) in [5.41, 5.74) is 7.33. The molecule has 3 N–H and O–H groups in total. The van der Waals surface area contributed by atoms with Crippen molar-refractivity contribution < 1.29 is 9.90 Å². The van der Waals surface area contributed by atoms with Crippen LogP contribution >= 0.6 is 11.8 Å². The Kier molecular flexibility index (Phi) is 3.41. The van der Waals surface area contributed by atoms with Crippen LogP contribution in [0, 0.1) is 6.92 Å². The van der Waals surface area contributed by atoms with E-state index in [2.05, 4.69) is 0 Å². The molecule has 0 aliphatic rings. The first kappa shape index (κ1) is 10.9. The average molecular weight is 211 g/mol. The van der Waals surface area contributed by atoms with E-state index in [1.165, 1.54) is 11.8 Å². The number of hydrogen-bond donors (Lipinski definition) is 2. The van der Waals surface area contributed by atoms with Gasteiger partial charge in [-0.2, -0.15) is 0 Å². The highest BCUT2D eigenvalue weighted by molar-refractivity contribution is 8.00. The number of aliphatic carboxylic acids is 1. The van der Waals surface area contributed by atoms with Crippen molar-refractivity contribution in [1.82, 2.24) is 0 Å². The number of benzene rings is 1. The molecule has 0 amide bonds. The van der Waals surface area contributed by atoms with Crippen LogP contribution in [-0.4, -0.2) is 16.3 Å². The molecule has 14 heavy (non-hydrogen) atoms. The Hall–Kier alpha value is -1.16. The van der Waals surface area contributed by atoms with Crippen LogP contribution in [0.2, 0.25) is 0 Å². The summed E-state index contributed by atoms with van der Waals surface area (Å²) in [6.07, 6.45) is 0. The van der Waals surface area contributed by atoms with Gasteiger partial charge in [-0.15, -0.1) is 11.8 Å². The standard InChI is InChI=1S/C10H13NO2S/c1-6-3-4-8(11)5-9(6)14-7(2)10(12)13/h3-5,7H,11H2,1-2H3,(H,12,13). The molecule has 0 fully saturated rings. The van der Waals surface area contributed by atoms with Crippen LogP contribution in [0.5, 0.6) is 0 Å². The molecule has 1 atom stereocenters. The third-order valence-corrected chi connectivity index (χ3v) is 3.11. The Morgan fingerprint density at radius 2 is 2.21 bits per heavy atom. The van der Waals surface area contributed by atoms with Crippen LogP contribution in [0.1, 0.15) is 12.5 Å². The van der Waals surface area contributed by atoms with E-state index in [1.807, 2.05) is 19.1 Å². The number of carboxylic acids is 1. The quantitative estimate of drug-likeness (QED) is 0.594. The number of rotatable bonds is 3. The zero-order valence-corrected chi connectivity index (χ0v) is 8.97. The molecule has 3 nitrogen and oxygen atoms in total. The predicted octanol–water partition coefficient (Wildman–Crippen LogP) is 2.14. The van der Waals surface area contributed by atoms with Gasteiger partial charge in [-0.1, -0.05) is 6.07 Å². The molecule has 0 radical (unpaired) electrons. The fraction of sp³-hybridized carbons (Fsp3) is 0.300. The Morgan fingerprint density at radius 3 is 2.79 bits per heavy atom. The smallest absolute Gasteiger partial charge is 0.316 e. The van der Waals surface area contributed by atoms with Crippen molar-refractivity contribution in [1.29, 1.82) is 0 Å². The maximum Gasteiger partial charge on any atom is 0.316 e. The lowest BCUT2D eigenvalue weighted by Gasteiger charge is -2.09. The Labute approximate surface area is 87.3 Å². The molecule has 0 saturated carbocycles. The molecule has 0 aliphatic carbocycles. The van der Waals surface area contributed by atoms with Crippen molar-refractivity contribution in [2.75, 3.05) is 5.73 Å². The van der Waals surface area contributed by atoms with Crippen molar-refractivity contribution in [3.05, 3.63) is 23.8 Å². The van der Waals surface area contributed by atoms with Crippen molar-refractivity contribution in [3.8, 4) is 0 Å². The van der Waals surface area contributed by atoms with E-state index in [-0.39, 0.29) is 0 Å². The van der Waals surface area contributed by atoms with E-state index in [9.17, 15) is 4.79 Å². The zero-order valence-electron chi connectivity index (χ0n) is 8.15. The summed E-state index contributed by atoms with van der Waals surface area (Å²) in [6.45, 7) is 3.60. The van der Waals surface area contributed by atoms with E-state index in [0.717, 1.165) is 10.5 Å². The number of hydrogen-bond acceptors (Lipinski definition) is 3. The fourth-order valence-corrected chi connectivity index (χ4v) is 1.92. The first-order valence-corrected chi connectivity index (χ1v) is 5.14. The van der Waals surface area contributed by atoms with Crippen LogP contribution in [0.4, 0.5) is 5.69 Å². The summed E-state index contributed by atoms with van der Waals surface area (Å²) in [7, 11) is 0. The molecule has 1 aromatic rings. The number of nitrogens with two attached hydrogens (primary N) is 1. The lowest BCUT2D eigenvalue weighted by Crippen LogP contribution is -2.11. The van der Waals surface area contributed by atoms with Gasteiger partial charge >= 0.3 is 5.97 Å². The van der Waals surface area contributed by atoms with E-state index in [4.69, 9.17) is 10.8 Å². The van der Waals surface area contributed by atoms with E-state index >= 15 is 0 Å². The number of nitrogen functional groups attached to an aromatic ring is 1. The molecular weight excluding hydrogens is 198 g/mol. The van der Waals surface area contributed by atoms with Crippen molar-refractivity contribution in [2.24, 2.45) is 0 Å². The molecule has 0 aromatic heterocycles. The van der Waals surface area contributed by atoms with Crippen molar-refractivity contribution in [3.63, 3.8) is 0 Å². The lowest BCUT2D eigenvalue weighted by atomic mass is 10.2. The highest BCUT2D eigenvalue weighted by Gasteiger charge is 2.13. The summed E-state index contributed by atoms with van der Waals surface area (Å²) < 4.78 is 0. The fourth-order valence-electron chi connectivity index (χ4n) is 0.985. The van der Waals surface area contributed by atoms with Crippen LogP contribution in [0.3, 0.4) is 0 Å². The van der Waals surface area contributed by atoms with Crippen LogP contribution in [0.25, 0.3) is 0 Å². The number of aryl methyl sites for hydroxylation is 1. The normalized spacial score (nSPS) is 12.4. The summed E-state index contributed by atoms with van der Waals surface area (Å²) in [6, 6.07) is 5.51. The molecule has 0 bridgehead atoms. The second kappa shape index (κ2) is 4.37.